The van der Waals surface area contributed by atoms with Crippen LogP contribution in [-0.4, -0.2) is 24.6 Å². The van der Waals surface area contributed by atoms with E-state index >= 15 is 0 Å². The highest BCUT2D eigenvalue weighted by molar-refractivity contribution is 5.97. The summed E-state index contributed by atoms with van der Waals surface area (Å²) in [7, 11) is 3.28. The lowest BCUT2D eigenvalue weighted by Crippen LogP contribution is -2.23. The molecule has 3 aromatic carbocycles. The van der Waals surface area contributed by atoms with Crippen LogP contribution in [-0.2, 0) is 17.5 Å². The number of carbonyl (C=O) groups excluding carboxylic acids is 1. The molecule has 0 radical (unpaired) electrons. The fraction of sp³-hybridized carbons (Fsp3) is 0.167. The SMILES string of the molecule is CN(C)c1ccc(NC(=O)Cn2c3ccccc3c(=O)c3ccccc32)c(C(F)(F)F)c1. The van der Waals surface area contributed by atoms with E-state index in [1.165, 1.54) is 12.1 Å². The van der Waals surface area contributed by atoms with Crippen LogP contribution in [0.1, 0.15) is 5.56 Å². The first-order valence-electron chi connectivity index (χ1n) is 9.85. The second-order valence-corrected chi connectivity index (χ2v) is 7.62. The highest BCUT2D eigenvalue weighted by atomic mass is 19.4. The first-order chi connectivity index (χ1) is 15.2. The van der Waals surface area contributed by atoms with Gasteiger partial charge in [-0.2, -0.15) is 13.2 Å². The number of anilines is 2. The van der Waals surface area contributed by atoms with Gasteiger partial charge in [0.1, 0.15) is 6.54 Å². The molecule has 0 bridgehead atoms. The predicted octanol–water partition coefficient (Wildman–Crippen LogP) is 4.88. The zero-order chi connectivity index (χ0) is 23.0. The number of rotatable bonds is 4. The number of alkyl halides is 3. The van der Waals surface area contributed by atoms with Crippen LogP contribution in [0.15, 0.2) is 71.5 Å². The van der Waals surface area contributed by atoms with Crippen LogP contribution in [0.4, 0.5) is 24.5 Å². The van der Waals surface area contributed by atoms with E-state index in [2.05, 4.69) is 5.32 Å². The minimum absolute atomic E-state index is 0.161. The molecule has 32 heavy (non-hydrogen) atoms. The summed E-state index contributed by atoms with van der Waals surface area (Å²) in [6, 6.07) is 17.5. The van der Waals surface area contributed by atoms with Crippen molar-refractivity contribution in [2.75, 3.05) is 24.3 Å². The Balaban J connectivity index is 1.76. The van der Waals surface area contributed by atoms with Crippen LogP contribution < -0.4 is 15.6 Å². The van der Waals surface area contributed by atoms with Gasteiger partial charge < -0.3 is 14.8 Å². The number of carbonyl (C=O) groups is 1. The zero-order valence-corrected chi connectivity index (χ0v) is 17.4. The van der Waals surface area contributed by atoms with Crippen molar-refractivity contribution >= 4 is 39.1 Å². The first-order valence-corrected chi connectivity index (χ1v) is 9.85. The highest BCUT2D eigenvalue weighted by Crippen LogP contribution is 2.37. The third-order valence-corrected chi connectivity index (χ3v) is 5.28. The molecular formula is C24H20F3N3O2. The Labute approximate surface area is 181 Å². The van der Waals surface area contributed by atoms with E-state index in [0.29, 0.717) is 27.5 Å². The number of benzene rings is 3. The third kappa shape index (κ3) is 3.91. The van der Waals surface area contributed by atoms with Crippen molar-refractivity contribution in [2.45, 2.75) is 12.7 Å². The number of amides is 1. The number of fused-ring (bicyclic) bond motifs is 2. The maximum atomic E-state index is 13.6. The normalized spacial score (nSPS) is 11.7. The van der Waals surface area contributed by atoms with Crippen LogP contribution in [0, 0.1) is 0 Å². The van der Waals surface area contributed by atoms with Crippen molar-refractivity contribution in [1.29, 1.82) is 0 Å². The molecular weight excluding hydrogens is 419 g/mol. The third-order valence-electron chi connectivity index (χ3n) is 5.28. The largest absolute Gasteiger partial charge is 0.418 e. The summed E-state index contributed by atoms with van der Waals surface area (Å²) in [6.45, 7) is -0.256. The van der Waals surface area contributed by atoms with Crippen LogP contribution in [0.2, 0.25) is 0 Å². The maximum absolute atomic E-state index is 13.6. The molecule has 0 spiro atoms. The lowest BCUT2D eigenvalue weighted by Gasteiger charge is -2.19. The summed E-state index contributed by atoms with van der Waals surface area (Å²) in [5.41, 5.74) is 0.0318. The highest BCUT2D eigenvalue weighted by Gasteiger charge is 2.34. The monoisotopic (exact) mass is 439 g/mol. The molecule has 0 aliphatic rings. The Morgan fingerprint density at radius 2 is 1.50 bits per heavy atom. The van der Waals surface area contributed by atoms with Gasteiger partial charge in [0.25, 0.3) is 0 Å². The van der Waals surface area contributed by atoms with Gasteiger partial charge in [-0.1, -0.05) is 24.3 Å². The van der Waals surface area contributed by atoms with E-state index in [9.17, 15) is 22.8 Å². The molecule has 0 saturated heterocycles. The number of para-hydroxylation sites is 2. The molecule has 0 unspecified atom stereocenters. The molecule has 1 amide bonds. The predicted molar refractivity (Wildman–Crippen MR) is 120 cm³/mol. The van der Waals surface area contributed by atoms with E-state index in [1.54, 1.807) is 72.1 Å². The van der Waals surface area contributed by atoms with Gasteiger partial charge in [0.05, 0.1) is 22.3 Å². The molecule has 0 aliphatic carbocycles. The van der Waals surface area contributed by atoms with Crippen LogP contribution in [0.25, 0.3) is 21.8 Å². The summed E-state index contributed by atoms with van der Waals surface area (Å²) < 4.78 is 42.5. The summed E-state index contributed by atoms with van der Waals surface area (Å²) in [6.07, 6.45) is -4.63. The fourth-order valence-corrected chi connectivity index (χ4v) is 3.73. The Bertz CT molecular complexity index is 1330. The minimum Gasteiger partial charge on any atom is -0.378 e. The van der Waals surface area contributed by atoms with Crippen molar-refractivity contribution in [1.82, 2.24) is 4.57 Å². The van der Waals surface area contributed by atoms with Crippen molar-refractivity contribution in [3.8, 4) is 0 Å². The Morgan fingerprint density at radius 1 is 0.938 bits per heavy atom. The van der Waals surface area contributed by atoms with Crippen molar-refractivity contribution in [2.24, 2.45) is 0 Å². The molecule has 164 valence electrons. The number of hydrogen-bond acceptors (Lipinski definition) is 3. The molecule has 5 nitrogen and oxygen atoms in total. The van der Waals surface area contributed by atoms with Crippen LogP contribution in [0.5, 0.6) is 0 Å². The average molecular weight is 439 g/mol. The molecule has 1 N–H and O–H groups in total. The quantitative estimate of drug-likeness (QED) is 0.461. The molecule has 0 atom stereocenters. The number of pyridine rings is 1. The number of hydrogen-bond donors (Lipinski definition) is 1. The first kappa shape index (κ1) is 21.4. The number of nitrogens with zero attached hydrogens (tertiary/aromatic N) is 2. The summed E-state index contributed by atoms with van der Waals surface area (Å²) in [4.78, 5) is 27.2. The summed E-state index contributed by atoms with van der Waals surface area (Å²) >= 11 is 0. The lowest BCUT2D eigenvalue weighted by molar-refractivity contribution is -0.136. The van der Waals surface area contributed by atoms with E-state index in [-0.39, 0.29) is 17.7 Å². The van der Waals surface area contributed by atoms with Gasteiger partial charge in [0, 0.05) is 30.6 Å². The molecule has 4 rings (SSSR count). The molecule has 8 heteroatoms. The van der Waals surface area contributed by atoms with E-state index in [4.69, 9.17) is 0 Å². The van der Waals surface area contributed by atoms with Gasteiger partial charge in [-0.3, -0.25) is 9.59 Å². The summed E-state index contributed by atoms with van der Waals surface area (Å²) in [5.74, 6) is -0.632. The van der Waals surface area contributed by atoms with Crippen molar-refractivity contribution < 1.29 is 18.0 Å². The van der Waals surface area contributed by atoms with Crippen LogP contribution >= 0.6 is 0 Å². The van der Waals surface area contributed by atoms with Crippen molar-refractivity contribution in [3.63, 3.8) is 0 Å². The molecule has 4 aromatic rings. The van der Waals surface area contributed by atoms with Gasteiger partial charge >= 0.3 is 6.18 Å². The van der Waals surface area contributed by atoms with Gasteiger partial charge in [-0.05, 0) is 42.5 Å². The zero-order valence-electron chi connectivity index (χ0n) is 17.4. The van der Waals surface area contributed by atoms with E-state index in [0.717, 1.165) is 6.07 Å². The van der Waals surface area contributed by atoms with Crippen molar-refractivity contribution in [3.05, 3.63) is 82.5 Å². The van der Waals surface area contributed by atoms with Gasteiger partial charge in [-0.25, -0.2) is 0 Å². The van der Waals surface area contributed by atoms with Gasteiger partial charge in [-0.15, -0.1) is 0 Å². The van der Waals surface area contributed by atoms with Crippen LogP contribution in [0.3, 0.4) is 0 Å². The average Bonchev–Trinajstić information content (AvgIpc) is 2.76. The number of halogens is 3. The lowest BCUT2D eigenvalue weighted by atomic mass is 10.1. The standard InChI is InChI=1S/C24H20F3N3O2/c1-29(2)15-11-12-19(18(13-15)24(25,26)27)28-22(31)14-30-20-9-5-3-7-16(20)23(32)17-8-4-6-10-21(17)30/h3-13H,14H2,1-2H3,(H,28,31). The molecule has 1 heterocycles. The topological polar surface area (TPSA) is 54.3 Å². The molecule has 0 aliphatic heterocycles. The second-order valence-electron chi connectivity index (χ2n) is 7.62. The Morgan fingerprint density at radius 3 is 2.03 bits per heavy atom. The summed E-state index contributed by atoms with van der Waals surface area (Å²) in [5, 5.41) is 3.27. The molecule has 1 aromatic heterocycles. The fourth-order valence-electron chi connectivity index (χ4n) is 3.73. The molecule has 0 saturated carbocycles. The number of aromatic nitrogens is 1. The minimum atomic E-state index is -4.63. The smallest absolute Gasteiger partial charge is 0.378 e. The second kappa shape index (κ2) is 8.03. The van der Waals surface area contributed by atoms with E-state index in [1.807, 2.05) is 0 Å². The Kier molecular flexibility index (Phi) is 5.38. The van der Waals surface area contributed by atoms with E-state index < -0.39 is 17.6 Å². The number of nitrogens with one attached hydrogen (secondary N) is 1. The van der Waals surface area contributed by atoms with Gasteiger partial charge in [0.15, 0.2) is 5.43 Å². The molecule has 0 fully saturated rings. The Hall–Kier alpha value is -3.81. The maximum Gasteiger partial charge on any atom is 0.418 e. The van der Waals surface area contributed by atoms with Gasteiger partial charge in [0.2, 0.25) is 5.91 Å².